The van der Waals surface area contributed by atoms with E-state index in [0.717, 1.165) is 17.7 Å². The van der Waals surface area contributed by atoms with Crippen LogP contribution in [0.4, 0.5) is 0 Å². The summed E-state index contributed by atoms with van der Waals surface area (Å²) in [5, 5.41) is 11.6. The number of carboxylic acids is 1. The van der Waals surface area contributed by atoms with E-state index in [2.05, 4.69) is 10.3 Å². The van der Waals surface area contributed by atoms with E-state index in [9.17, 15) is 9.59 Å². The lowest BCUT2D eigenvalue weighted by Crippen LogP contribution is -2.39. The number of hydrogen-bond donors (Lipinski definition) is 2. The first kappa shape index (κ1) is 13.9. The highest BCUT2D eigenvalue weighted by molar-refractivity contribution is 8.00. The van der Waals surface area contributed by atoms with Gasteiger partial charge in [-0.3, -0.25) is 14.6 Å². The SMILES string of the molecule is O=C(O)CC(NC(=O)CSc1ccncc1)C1CC1. The van der Waals surface area contributed by atoms with E-state index >= 15 is 0 Å². The molecule has 0 bridgehead atoms. The summed E-state index contributed by atoms with van der Waals surface area (Å²) in [6.45, 7) is 0. The van der Waals surface area contributed by atoms with Crippen molar-refractivity contribution in [1.29, 1.82) is 0 Å². The van der Waals surface area contributed by atoms with E-state index in [1.165, 1.54) is 11.8 Å². The Kier molecular flexibility index (Phi) is 4.79. The zero-order valence-electron chi connectivity index (χ0n) is 10.4. The van der Waals surface area contributed by atoms with E-state index in [1.54, 1.807) is 12.4 Å². The van der Waals surface area contributed by atoms with Crippen LogP contribution >= 0.6 is 11.8 Å². The van der Waals surface area contributed by atoms with Crippen molar-refractivity contribution >= 4 is 23.6 Å². The third-order valence-corrected chi connectivity index (χ3v) is 3.96. The van der Waals surface area contributed by atoms with E-state index < -0.39 is 5.97 Å². The lowest BCUT2D eigenvalue weighted by molar-refractivity contribution is -0.137. The Labute approximate surface area is 115 Å². The predicted octanol–water partition coefficient (Wildman–Crippen LogP) is 1.54. The number of amides is 1. The molecule has 19 heavy (non-hydrogen) atoms. The smallest absolute Gasteiger partial charge is 0.305 e. The minimum absolute atomic E-state index is 0.0102. The maximum absolute atomic E-state index is 11.8. The standard InChI is InChI=1S/C13H16N2O3S/c16-12(8-19-10-3-5-14-6-4-10)15-11(7-13(17)18)9-1-2-9/h3-6,9,11H,1-2,7-8H2,(H,15,16)(H,17,18). The van der Waals surface area contributed by atoms with Crippen LogP contribution < -0.4 is 5.32 Å². The molecule has 6 heteroatoms. The minimum atomic E-state index is -0.862. The number of carbonyl (C=O) groups is 2. The van der Waals surface area contributed by atoms with E-state index in [4.69, 9.17) is 5.11 Å². The zero-order chi connectivity index (χ0) is 13.7. The summed E-state index contributed by atoms with van der Waals surface area (Å²) in [4.78, 5) is 27.4. The van der Waals surface area contributed by atoms with Crippen LogP contribution in [0.2, 0.25) is 0 Å². The molecule has 0 spiro atoms. The molecule has 102 valence electrons. The van der Waals surface area contributed by atoms with E-state index in [-0.39, 0.29) is 18.4 Å². The Bertz CT molecular complexity index is 448. The molecule has 1 fully saturated rings. The number of nitrogens with zero attached hydrogens (tertiary/aromatic N) is 1. The first-order valence-corrected chi connectivity index (χ1v) is 7.17. The quantitative estimate of drug-likeness (QED) is 0.741. The number of pyridine rings is 1. The Morgan fingerprint density at radius 1 is 1.42 bits per heavy atom. The van der Waals surface area contributed by atoms with Gasteiger partial charge < -0.3 is 10.4 Å². The summed E-state index contributed by atoms with van der Waals surface area (Å²) in [6, 6.07) is 3.46. The monoisotopic (exact) mass is 280 g/mol. The van der Waals surface area contributed by atoms with Crippen LogP contribution in [0.25, 0.3) is 0 Å². The van der Waals surface area contributed by atoms with Gasteiger partial charge in [0.15, 0.2) is 0 Å². The Hall–Kier alpha value is -1.56. The number of rotatable bonds is 7. The summed E-state index contributed by atoms with van der Waals surface area (Å²) in [5.74, 6) is -0.336. The molecule has 1 aromatic heterocycles. The largest absolute Gasteiger partial charge is 0.481 e. The van der Waals surface area contributed by atoms with Gasteiger partial charge in [0.1, 0.15) is 0 Å². The van der Waals surface area contributed by atoms with Gasteiger partial charge in [-0.25, -0.2) is 0 Å². The van der Waals surface area contributed by atoms with Gasteiger partial charge in [0.2, 0.25) is 5.91 Å². The number of thioether (sulfide) groups is 1. The number of carbonyl (C=O) groups excluding carboxylic acids is 1. The second-order valence-electron chi connectivity index (χ2n) is 4.58. The summed E-state index contributed by atoms with van der Waals surface area (Å²) in [7, 11) is 0. The van der Waals surface area contributed by atoms with Crippen molar-refractivity contribution in [1.82, 2.24) is 10.3 Å². The molecule has 1 unspecified atom stereocenters. The summed E-state index contributed by atoms with van der Waals surface area (Å²) in [5.41, 5.74) is 0. The third kappa shape index (κ3) is 4.90. The lowest BCUT2D eigenvalue weighted by atomic mass is 10.1. The van der Waals surface area contributed by atoms with Crippen molar-refractivity contribution < 1.29 is 14.7 Å². The van der Waals surface area contributed by atoms with Gasteiger partial charge in [-0.1, -0.05) is 0 Å². The molecule has 1 aliphatic rings. The lowest BCUT2D eigenvalue weighted by Gasteiger charge is -2.15. The molecular weight excluding hydrogens is 264 g/mol. The average molecular weight is 280 g/mol. The highest BCUT2D eigenvalue weighted by atomic mass is 32.2. The Morgan fingerprint density at radius 2 is 2.11 bits per heavy atom. The van der Waals surface area contributed by atoms with Crippen molar-refractivity contribution in [3.63, 3.8) is 0 Å². The fourth-order valence-electron chi connectivity index (χ4n) is 1.85. The van der Waals surface area contributed by atoms with Crippen molar-refractivity contribution in [2.24, 2.45) is 5.92 Å². The summed E-state index contributed by atoms with van der Waals surface area (Å²) in [6.07, 6.45) is 5.39. The van der Waals surface area contributed by atoms with Crippen LogP contribution in [0.15, 0.2) is 29.4 Å². The number of aliphatic carboxylic acids is 1. The second-order valence-corrected chi connectivity index (χ2v) is 5.63. The molecule has 1 heterocycles. The molecule has 5 nitrogen and oxygen atoms in total. The van der Waals surface area contributed by atoms with Crippen LogP contribution in [-0.4, -0.2) is 33.8 Å². The molecule has 0 saturated heterocycles. The van der Waals surface area contributed by atoms with Gasteiger partial charge in [0, 0.05) is 23.3 Å². The Morgan fingerprint density at radius 3 is 2.68 bits per heavy atom. The van der Waals surface area contributed by atoms with Crippen LogP contribution in [0.5, 0.6) is 0 Å². The number of carboxylic acid groups (broad SMARTS) is 1. The molecule has 1 amide bonds. The summed E-state index contributed by atoms with van der Waals surface area (Å²) >= 11 is 1.42. The number of hydrogen-bond acceptors (Lipinski definition) is 4. The van der Waals surface area contributed by atoms with Gasteiger partial charge in [-0.2, -0.15) is 0 Å². The fourth-order valence-corrected chi connectivity index (χ4v) is 2.55. The molecule has 1 aliphatic carbocycles. The van der Waals surface area contributed by atoms with Crippen molar-refractivity contribution in [2.75, 3.05) is 5.75 Å². The summed E-state index contributed by atoms with van der Waals surface area (Å²) < 4.78 is 0. The van der Waals surface area contributed by atoms with Crippen LogP contribution in [0.1, 0.15) is 19.3 Å². The van der Waals surface area contributed by atoms with E-state index in [0.29, 0.717) is 11.7 Å². The van der Waals surface area contributed by atoms with Gasteiger partial charge in [-0.05, 0) is 30.9 Å². The van der Waals surface area contributed by atoms with Gasteiger partial charge in [-0.15, -0.1) is 11.8 Å². The maximum atomic E-state index is 11.8. The Balaban J connectivity index is 1.77. The third-order valence-electron chi connectivity index (χ3n) is 2.95. The van der Waals surface area contributed by atoms with Crippen LogP contribution in [0, 0.1) is 5.92 Å². The van der Waals surface area contributed by atoms with Gasteiger partial charge >= 0.3 is 5.97 Å². The first-order chi connectivity index (χ1) is 9.15. The number of aromatic nitrogens is 1. The van der Waals surface area contributed by atoms with Crippen molar-refractivity contribution in [2.45, 2.75) is 30.2 Å². The molecule has 1 saturated carbocycles. The minimum Gasteiger partial charge on any atom is -0.481 e. The molecule has 0 aromatic carbocycles. The molecular formula is C13H16N2O3S. The van der Waals surface area contributed by atoms with Crippen LogP contribution in [0.3, 0.4) is 0 Å². The average Bonchev–Trinajstić information content (AvgIpc) is 3.20. The topological polar surface area (TPSA) is 79.3 Å². The van der Waals surface area contributed by atoms with E-state index in [1.807, 2.05) is 12.1 Å². The predicted molar refractivity (Wildman–Crippen MR) is 71.9 cm³/mol. The van der Waals surface area contributed by atoms with Crippen molar-refractivity contribution in [3.05, 3.63) is 24.5 Å². The molecule has 0 aliphatic heterocycles. The first-order valence-electron chi connectivity index (χ1n) is 6.19. The molecule has 0 radical (unpaired) electrons. The molecule has 1 aromatic rings. The van der Waals surface area contributed by atoms with Gasteiger partial charge in [0.25, 0.3) is 0 Å². The molecule has 2 N–H and O–H groups in total. The van der Waals surface area contributed by atoms with Crippen LogP contribution in [-0.2, 0) is 9.59 Å². The highest BCUT2D eigenvalue weighted by Gasteiger charge is 2.33. The maximum Gasteiger partial charge on any atom is 0.305 e. The second kappa shape index (κ2) is 6.56. The molecule has 2 rings (SSSR count). The normalized spacial score (nSPS) is 15.8. The number of nitrogens with one attached hydrogen (secondary N) is 1. The van der Waals surface area contributed by atoms with Crippen molar-refractivity contribution in [3.8, 4) is 0 Å². The van der Waals surface area contributed by atoms with Gasteiger partial charge in [0.05, 0.1) is 12.2 Å². The molecule has 1 atom stereocenters. The zero-order valence-corrected chi connectivity index (χ0v) is 11.2. The highest BCUT2D eigenvalue weighted by Crippen LogP contribution is 2.34. The fraction of sp³-hybridized carbons (Fsp3) is 0.462.